The molecule has 0 saturated carbocycles. The number of nitrogens with one attached hydrogen (secondary N) is 4. The SMILES string of the molecule is CO[C@H]1O[C@H](CO[C@H]2O[C@H](CO)[C@@H](O)[C@H](O)[C@@H]2O[C@@H]2O[C@H](CO)[C@@H](O[C@@H]3O[C@H](CO)[C@H](O)[C@H](O[C@]4(C(=O)O)C[C@H](O)[C@@H](NC(C)=O)[C@H]([C@H](O)[C@H](O)CO)O4)[C@H]3O)[C@H](O)[C@]2(O)NC(C)=O)[C@@H](O)[C@H](O[C@H]2O[C@H](CO)[C@@H](O)[C@H](O)[C@@H]2O[C@@H]2O[C@H](CO)[C@@H](O[C@@H]3O[C@H](CO)[C@H](O)[C@H](O[C@]4(C(=O)O)C[C@H](O)[C@@H](NC(C)=O)[C@H]([C@H](O)[C@H](O)CO)O4)[C@H]3O)[C@H](O)[C@]2(O)NC(C)=O)[C@@H]1O. The van der Waals surface area contributed by atoms with Crippen molar-refractivity contribution in [2.75, 3.05) is 66.6 Å². The molecule has 0 unspecified atom stereocenters. The summed E-state index contributed by atoms with van der Waals surface area (Å²) >= 11 is 0. The number of hydrogen-bond donors (Lipinski definition) is 34. The summed E-state index contributed by atoms with van der Waals surface area (Å²) in [5, 5.41) is 344. The molecule has 0 aliphatic carbocycles. The first-order chi connectivity index (χ1) is 59.6. The number of carboxylic acid groups (broad SMARTS) is 2. The average Bonchev–Trinajstić information content (AvgIpc) is 0.758. The van der Waals surface area contributed by atoms with Crippen molar-refractivity contribution in [2.24, 2.45) is 0 Å². The van der Waals surface area contributed by atoms with Crippen molar-refractivity contribution in [1.29, 1.82) is 0 Å². The normalized spacial score (nSPS) is 46.7. The number of aliphatic carboxylic acids is 2. The van der Waals surface area contributed by atoms with Gasteiger partial charge in [0.15, 0.2) is 31.5 Å². The lowest BCUT2D eigenvalue weighted by Crippen LogP contribution is -2.76. The van der Waals surface area contributed by atoms with E-state index in [-0.39, 0.29) is 0 Å². The smallest absolute Gasteiger partial charge is 0.364 e. The molecule has 734 valence electrons. The molecule has 9 rings (SSSR count). The Morgan fingerprint density at radius 3 is 1.03 bits per heavy atom. The summed E-state index contributed by atoms with van der Waals surface area (Å²) in [5.74, 6) is -15.4. The van der Waals surface area contributed by atoms with Gasteiger partial charge in [-0.15, -0.1) is 0 Å². The predicted octanol–water partition coefficient (Wildman–Crippen LogP) is -22.3. The number of carbonyl (C=O) groups is 6. The van der Waals surface area contributed by atoms with Crippen LogP contribution in [0.1, 0.15) is 40.5 Å². The van der Waals surface area contributed by atoms with E-state index in [0.717, 1.165) is 34.8 Å². The molecular formula is C69H114N4O54. The van der Waals surface area contributed by atoms with Gasteiger partial charge in [-0.1, -0.05) is 0 Å². The number of rotatable bonds is 36. The van der Waals surface area contributed by atoms with Crippen molar-refractivity contribution < 1.29 is 267 Å². The highest BCUT2D eigenvalue weighted by atomic mass is 16.8. The fourth-order valence-electron chi connectivity index (χ4n) is 16.1. The fourth-order valence-corrected chi connectivity index (χ4v) is 16.1. The van der Waals surface area contributed by atoms with Gasteiger partial charge in [0.25, 0.3) is 11.6 Å². The summed E-state index contributed by atoms with van der Waals surface area (Å²) < 4.78 is 104. The van der Waals surface area contributed by atoms with E-state index in [0.29, 0.717) is 0 Å². The maximum absolute atomic E-state index is 13.2. The molecule has 0 spiro atoms. The molecule has 0 aromatic carbocycles. The standard InChI is InChI=1S/C69H114N4O54/c1-17(82)70-32-21(86)6-66(62(104)105,124-48(32)34(90)23(88)8-74)126-51-38(94)27(12-78)112-58(44(51)100)119-46-29(14-80)117-64(68(108,55(46)102)72-19(3)84)122-53-41(97)36(92)25(10-76)114-60(53)111-16-31-40(96)50(43(99)57(110-5)116-31)121-61-54(42(98)37(93)26(11-77)115-61)123-65-69(109,73-20(4)85)56(103)47(30(15-81)118-65)120-59-45(101)52(39(95)28(13-79)113-59)127-67(63(106)107)7-22(87)33(71-18(2)83)49(125-67)35(91)24(89)9-75/h21-61,64-65,74-81,86-103,108-109H,6-16H2,1-5H3,(H,70,82)(H,71,83)(H,72,84)(H,73,85)(H,104,105)(H,106,107)/t21-,22-,23+,24+,25+,26+,27+,28+,29+,30+,31+,32+,33+,34+,35+,36+,37+,38-,39-,40+,41-,42-,43-,44+,45+,46+,47+,48+,49+,50-,51-,52-,53-,54-,55-,56-,57-,58-,59-,60-,61+,64-,65-,66-,67-,68+,69+/m0/s1. The van der Waals surface area contributed by atoms with Crippen molar-refractivity contribution in [3.05, 3.63) is 0 Å². The van der Waals surface area contributed by atoms with E-state index >= 15 is 0 Å². The number of amides is 4. The largest absolute Gasteiger partial charge is 0.477 e. The van der Waals surface area contributed by atoms with Gasteiger partial charge in [-0.2, -0.15) is 0 Å². The summed E-state index contributed by atoms with van der Waals surface area (Å²) in [7, 11) is 0.917. The van der Waals surface area contributed by atoms with Crippen LogP contribution >= 0.6 is 0 Å². The molecule has 58 heteroatoms. The lowest BCUT2D eigenvalue weighted by Gasteiger charge is -2.53. The third-order valence-electron chi connectivity index (χ3n) is 22.7. The van der Waals surface area contributed by atoms with Gasteiger partial charge >= 0.3 is 11.9 Å². The zero-order valence-corrected chi connectivity index (χ0v) is 67.8. The summed E-state index contributed by atoms with van der Waals surface area (Å²) in [6.45, 7) is -7.91. The van der Waals surface area contributed by atoms with E-state index in [1.807, 2.05) is 10.6 Å². The van der Waals surface area contributed by atoms with Crippen LogP contribution in [-0.2, 0) is 114 Å². The molecule has 4 amide bonds. The zero-order chi connectivity index (χ0) is 94.6. The van der Waals surface area contributed by atoms with Crippen molar-refractivity contribution >= 4 is 35.6 Å². The second-order valence-electron chi connectivity index (χ2n) is 31.6. The molecule has 9 saturated heterocycles. The molecule has 9 aliphatic rings. The fraction of sp³-hybridized carbons (Fsp3) is 0.913. The van der Waals surface area contributed by atoms with Crippen LogP contribution in [0.3, 0.4) is 0 Å². The van der Waals surface area contributed by atoms with E-state index in [2.05, 4.69) is 10.6 Å². The highest BCUT2D eigenvalue weighted by Gasteiger charge is 2.68. The summed E-state index contributed by atoms with van der Waals surface area (Å²) in [6.07, 6.45) is -98.2. The molecule has 0 aromatic heterocycles. The number of ether oxygens (including phenoxy) is 18. The lowest BCUT2D eigenvalue weighted by molar-refractivity contribution is -0.419. The van der Waals surface area contributed by atoms with Gasteiger partial charge in [-0.3, -0.25) is 19.2 Å². The van der Waals surface area contributed by atoms with Crippen molar-refractivity contribution in [2.45, 2.75) is 327 Å². The van der Waals surface area contributed by atoms with Crippen LogP contribution in [0.15, 0.2) is 0 Å². The molecule has 0 aromatic rings. The van der Waals surface area contributed by atoms with Gasteiger partial charge < -0.3 is 260 Å². The van der Waals surface area contributed by atoms with Crippen LogP contribution in [0.5, 0.6) is 0 Å². The number of methoxy groups -OCH3 is 1. The first kappa shape index (κ1) is 106. The quantitative estimate of drug-likeness (QED) is 0.0259. The number of aliphatic hydroxyl groups excluding tert-OH is 26. The van der Waals surface area contributed by atoms with E-state index in [9.17, 15) is 182 Å². The first-order valence-corrected chi connectivity index (χ1v) is 39.5. The maximum atomic E-state index is 13.2. The Morgan fingerprint density at radius 1 is 0.370 bits per heavy atom. The van der Waals surface area contributed by atoms with Crippen molar-refractivity contribution in [3.8, 4) is 0 Å². The molecule has 9 aliphatic heterocycles. The first-order valence-electron chi connectivity index (χ1n) is 39.5. The van der Waals surface area contributed by atoms with E-state index < -0.39 is 395 Å². The van der Waals surface area contributed by atoms with Crippen LogP contribution in [0.4, 0.5) is 0 Å². The Labute approximate surface area is 716 Å². The zero-order valence-electron chi connectivity index (χ0n) is 67.8. The maximum Gasteiger partial charge on any atom is 0.364 e. The minimum atomic E-state index is -3.55. The molecule has 9 heterocycles. The van der Waals surface area contributed by atoms with E-state index in [1.54, 1.807) is 0 Å². The van der Waals surface area contributed by atoms with Gasteiger partial charge in [-0.05, 0) is 0 Å². The predicted molar refractivity (Wildman–Crippen MR) is 385 cm³/mol. The van der Waals surface area contributed by atoms with Crippen LogP contribution < -0.4 is 21.3 Å². The summed E-state index contributed by atoms with van der Waals surface area (Å²) in [4.78, 5) is 77.0. The monoisotopic (exact) mass is 1860 g/mol. The van der Waals surface area contributed by atoms with E-state index in [4.69, 9.17) is 85.3 Å². The number of carbonyl (C=O) groups excluding carboxylic acids is 4. The average molecular weight is 1860 g/mol. The highest BCUT2D eigenvalue weighted by Crippen LogP contribution is 2.45. The number of hydrogen-bond acceptors (Lipinski definition) is 52. The summed E-state index contributed by atoms with van der Waals surface area (Å²) in [6, 6.07) is -3.52. The van der Waals surface area contributed by atoms with E-state index in [1.165, 1.54) is 0 Å². The summed E-state index contributed by atoms with van der Waals surface area (Å²) in [5.41, 5.74) is -7.07. The van der Waals surface area contributed by atoms with Gasteiger partial charge in [0.05, 0.1) is 83.8 Å². The second kappa shape index (κ2) is 44.0. The molecule has 0 bridgehead atoms. The minimum absolute atomic E-state index is 0.728. The number of aliphatic hydroxyl groups is 28. The molecule has 34 N–H and O–H groups in total. The molecule has 58 nitrogen and oxygen atoms in total. The topological polar surface area (TPSA) is 924 Å². The molecule has 9 fully saturated rings. The van der Waals surface area contributed by atoms with Crippen LogP contribution in [0.2, 0.25) is 0 Å². The Balaban J connectivity index is 0.945. The highest BCUT2D eigenvalue weighted by molar-refractivity contribution is 5.78. The number of carboxylic acids is 2. The third kappa shape index (κ3) is 22.2. The molecular weight excluding hydrogens is 1750 g/mol. The van der Waals surface area contributed by atoms with Gasteiger partial charge in [0.1, 0.15) is 195 Å². The second-order valence-corrected chi connectivity index (χ2v) is 31.6. The Kier molecular flexibility index (Phi) is 36.6. The molecule has 47 atom stereocenters. The lowest BCUT2D eigenvalue weighted by atomic mass is 9.88. The molecule has 0 radical (unpaired) electrons. The van der Waals surface area contributed by atoms with Gasteiger partial charge in [-0.25, -0.2) is 9.59 Å². The van der Waals surface area contributed by atoms with Crippen LogP contribution in [0.25, 0.3) is 0 Å². The Bertz CT molecular complexity index is 3580. The third-order valence-corrected chi connectivity index (χ3v) is 22.7. The van der Waals surface area contributed by atoms with Gasteiger partial charge in [0, 0.05) is 47.6 Å². The molecule has 127 heavy (non-hydrogen) atoms. The Hall–Kier alpha value is -5.02. The minimum Gasteiger partial charge on any atom is -0.477 e. The van der Waals surface area contributed by atoms with Crippen molar-refractivity contribution in [1.82, 2.24) is 21.3 Å². The van der Waals surface area contributed by atoms with Gasteiger partial charge in [0.2, 0.25) is 47.7 Å². The van der Waals surface area contributed by atoms with Crippen LogP contribution in [-0.4, -0.2) is 542 Å². The van der Waals surface area contributed by atoms with Crippen molar-refractivity contribution in [3.63, 3.8) is 0 Å². The van der Waals surface area contributed by atoms with Crippen LogP contribution in [0, 0.1) is 0 Å². The Morgan fingerprint density at radius 2 is 0.693 bits per heavy atom.